The number of thiophene rings is 2. The van der Waals surface area contributed by atoms with Gasteiger partial charge in [0.1, 0.15) is 0 Å². The normalized spacial score (nSPS) is 12.0. The van der Waals surface area contributed by atoms with Gasteiger partial charge in [-0.2, -0.15) is 0 Å². The number of nitrogens with zero attached hydrogens (tertiary/aromatic N) is 1. The summed E-state index contributed by atoms with van der Waals surface area (Å²) in [5.74, 6) is 0. The molecule has 0 unspecified atom stereocenters. The zero-order valence-electron chi connectivity index (χ0n) is 15.9. The van der Waals surface area contributed by atoms with E-state index in [-0.39, 0.29) is 0 Å². The Labute approximate surface area is 180 Å². The van der Waals surface area contributed by atoms with E-state index < -0.39 is 0 Å². The van der Waals surface area contributed by atoms with Gasteiger partial charge in [-0.05, 0) is 52.7 Å². The topological polar surface area (TPSA) is 12.9 Å². The summed E-state index contributed by atoms with van der Waals surface area (Å²) < 4.78 is 3.98. The fraction of sp³-hybridized carbons (Fsp3) is 0. The minimum atomic E-state index is 1.08. The van der Waals surface area contributed by atoms with Crippen LogP contribution in [0.5, 0.6) is 0 Å². The van der Waals surface area contributed by atoms with Crippen LogP contribution in [-0.2, 0) is 0 Å². The molecule has 3 aromatic heterocycles. The predicted molar refractivity (Wildman–Crippen MR) is 133 cm³/mol. The van der Waals surface area contributed by atoms with Gasteiger partial charge in [0.15, 0.2) is 0 Å². The molecule has 0 radical (unpaired) electrons. The summed E-state index contributed by atoms with van der Waals surface area (Å²) in [5.41, 5.74) is 3.65. The van der Waals surface area contributed by atoms with Crippen molar-refractivity contribution in [3.8, 4) is 11.1 Å². The number of fused-ring (bicyclic) bond motifs is 7. The van der Waals surface area contributed by atoms with E-state index in [1.54, 1.807) is 0 Å². The highest BCUT2D eigenvalue weighted by Crippen LogP contribution is 2.42. The highest BCUT2D eigenvalue weighted by molar-refractivity contribution is 7.25. The van der Waals surface area contributed by atoms with Crippen molar-refractivity contribution >= 4 is 74.6 Å². The van der Waals surface area contributed by atoms with E-state index in [1.807, 2.05) is 34.9 Å². The van der Waals surface area contributed by atoms with Gasteiger partial charge in [0.2, 0.25) is 0 Å². The van der Waals surface area contributed by atoms with E-state index in [2.05, 4.69) is 78.2 Å². The smallest absolute Gasteiger partial charge is 0.0787 e. The molecule has 0 bridgehead atoms. The van der Waals surface area contributed by atoms with E-state index in [1.165, 1.54) is 57.5 Å². The molecule has 140 valence electrons. The van der Waals surface area contributed by atoms with Crippen molar-refractivity contribution in [2.45, 2.75) is 0 Å². The highest BCUT2D eigenvalue weighted by atomic mass is 32.1. The number of rotatable bonds is 1. The number of hydrogen-bond donors (Lipinski definition) is 0. The summed E-state index contributed by atoms with van der Waals surface area (Å²) in [5, 5.41) is 9.97. The first-order chi connectivity index (χ1) is 14.9. The molecule has 4 aromatic carbocycles. The van der Waals surface area contributed by atoms with Gasteiger partial charge in [-0.3, -0.25) is 4.98 Å². The lowest BCUT2D eigenvalue weighted by molar-refractivity contribution is 1.43. The van der Waals surface area contributed by atoms with Gasteiger partial charge in [0.25, 0.3) is 0 Å². The molecular weight excluding hydrogens is 402 g/mol. The van der Waals surface area contributed by atoms with Crippen molar-refractivity contribution in [3.63, 3.8) is 0 Å². The maximum atomic E-state index is 4.83. The van der Waals surface area contributed by atoms with Gasteiger partial charge >= 0.3 is 0 Å². The summed E-state index contributed by atoms with van der Waals surface area (Å²) in [7, 11) is 0. The third-order valence-electron chi connectivity index (χ3n) is 5.97. The highest BCUT2D eigenvalue weighted by Gasteiger charge is 2.15. The number of benzene rings is 4. The largest absolute Gasteiger partial charge is 0.256 e. The van der Waals surface area contributed by atoms with Crippen LogP contribution in [0, 0.1) is 0 Å². The minimum absolute atomic E-state index is 1.08. The average Bonchev–Trinajstić information content (AvgIpc) is 3.38. The monoisotopic (exact) mass is 417 g/mol. The first kappa shape index (κ1) is 16.5. The van der Waals surface area contributed by atoms with E-state index >= 15 is 0 Å². The molecule has 0 N–H and O–H groups in total. The van der Waals surface area contributed by atoms with Crippen LogP contribution in [0.15, 0.2) is 90.4 Å². The molecule has 0 aliphatic rings. The van der Waals surface area contributed by atoms with Crippen molar-refractivity contribution < 1.29 is 0 Å². The third-order valence-corrected chi connectivity index (χ3v) is 8.07. The minimum Gasteiger partial charge on any atom is -0.256 e. The zero-order valence-corrected chi connectivity index (χ0v) is 17.6. The fourth-order valence-corrected chi connectivity index (χ4v) is 6.68. The molecule has 3 heterocycles. The average molecular weight is 418 g/mol. The Kier molecular flexibility index (Phi) is 3.37. The molecule has 30 heavy (non-hydrogen) atoms. The molecule has 3 heteroatoms. The van der Waals surface area contributed by atoms with E-state index in [0.29, 0.717) is 0 Å². The fourth-order valence-electron chi connectivity index (χ4n) is 4.59. The van der Waals surface area contributed by atoms with Crippen LogP contribution >= 0.6 is 22.7 Å². The van der Waals surface area contributed by atoms with Gasteiger partial charge in [0.05, 0.1) is 5.52 Å². The van der Waals surface area contributed by atoms with Gasteiger partial charge in [0, 0.05) is 52.8 Å². The van der Waals surface area contributed by atoms with Crippen LogP contribution in [0.4, 0.5) is 0 Å². The lowest BCUT2D eigenvalue weighted by Gasteiger charge is -2.10. The molecule has 0 saturated carbocycles. The molecular formula is C27H15NS2. The van der Waals surface area contributed by atoms with Crippen LogP contribution < -0.4 is 0 Å². The Balaban J connectivity index is 1.66. The Hall–Kier alpha value is -3.27. The lowest BCUT2D eigenvalue weighted by Crippen LogP contribution is -1.86. The molecule has 0 atom stereocenters. The van der Waals surface area contributed by atoms with Crippen molar-refractivity contribution in [1.82, 2.24) is 4.98 Å². The predicted octanol–water partition coefficient (Wildman–Crippen LogP) is 8.64. The second kappa shape index (κ2) is 6.11. The molecule has 0 spiro atoms. The SMILES string of the molecule is c1ccc2c(-c3cc4cc5c(cc4c4ncccc34)sc3ccccc35)csc2c1. The molecule has 1 nitrogen and oxygen atoms in total. The first-order valence-corrected chi connectivity index (χ1v) is 11.7. The Morgan fingerprint density at radius 1 is 0.567 bits per heavy atom. The molecule has 0 saturated heterocycles. The summed E-state index contributed by atoms with van der Waals surface area (Å²) in [4.78, 5) is 4.83. The van der Waals surface area contributed by atoms with Crippen LogP contribution in [-0.4, -0.2) is 4.98 Å². The van der Waals surface area contributed by atoms with Crippen molar-refractivity contribution in [2.24, 2.45) is 0 Å². The van der Waals surface area contributed by atoms with E-state index in [9.17, 15) is 0 Å². The Bertz CT molecular complexity index is 1750. The second-order valence-electron chi connectivity index (χ2n) is 7.64. The second-order valence-corrected chi connectivity index (χ2v) is 9.63. The van der Waals surface area contributed by atoms with Crippen LogP contribution in [0.25, 0.3) is 63.1 Å². The third kappa shape index (κ3) is 2.25. The molecule has 0 aliphatic carbocycles. The number of pyridine rings is 1. The van der Waals surface area contributed by atoms with Crippen molar-refractivity contribution in [2.75, 3.05) is 0 Å². The maximum absolute atomic E-state index is 4.83. The Morgan fingerprint density at radius 3 is 2.30 bits per heavy atom. The van der Waals surface area contributed by atoms with Crippen molar-refractivity contribution in [1.29, 1.82) is 0 Å². The van der Waals surface area contributed by atoms with E-state index in [0.717, 1.165) is 5.52 Å². The molecule has 7 aromatic rings. The summed E-state index contributed by atoms with van der Waals surface area (Å²) in [6, 6.07) is 28.7. The zero-order chi connectivity index (χ0) is 19.7. The van der Waals surface area contributed by atoms with Gasteiger partial charge in [-0.1, -0.05) is 42.5 Å². The summed E-state index contributed by atoms with van der Waals surface area (Å²) in [6.07, 6.45) is 1.91. The quantitative estimate of drug-likeness (QED) is 0.244. The van der Waals surface area contributed by atoms with Gasteiger partial charge in [-0.15, -0.1) is 22.7 Å². The summed E-state index contributed by atoms with van der Waals surface area (Å²) in [6.45, 7) is 0. The molecule has 7 rings (SSSR count). The Morgan fingerprint density at radius 2 is 1.37 bits per heavy atom. The standard InChI is InChI=1S/C27H15NS2/c1-3-9-24-18(7-1)23(15-29-24)21-12-16-13-22-17-6-2-4-10-25(17)30-26(22)14-20(16)27-19(21)8-5-11-28-27/h1-15H. The lowest BCUT2D eigenvalue weighted by atomic mass is 9.95. The number of hydrogen-bond acceptors (Lipinski definition) is 3. The molecule has 0 aliphatic heterocycles. The molecule has 0 fully saturated rings. The van der Waals surface area contributed by atoms with Crippen molar-refractivity contribution in [3.05, 3.63) is 90.4 Å². The molecule has 0 amide bonds. The van der Waals surface area contributed by atoms with Gasteiger partial charge in [-0.25, -0.2) is 0 Å². The van der Waals surface area contributed by atoms with Crippen LogP contribution in [0.2, 0.25) is 0 Å². The summed E-state index contributed by atoms with van der Waals surface area (Å²) >= 11 is 3.67. The van der Waals surface area contributed by atoms with Gasteiger partial charge < -0.3 is 0 Å². The number of aromatic nitrogens is 1. The van der Waals surface area contributed by atoms with Crippen LogP contribution in [0.1, 0.15) is 0 Å². The van der Waals surface area contributed by atoms with Crippen LogP contribution in [0.3, 0.4) is 0 Å². The maximum Gasteiger partial charge on any atom is 0.0787 e. The first-order valence-electron chi connectivity index (χ1n) is 9.96. The van der Waals surface area contributed by atoms with E-state index in [4.69, 9.17) is 4.98 Å².